The molecule has 5 nitrogen and oxygen atoms in total. The normalized spacial score (nSPS) is 29.1. The van der Waals surface area contributed by atoms with Gasteiger partial charge in [-0.05, 0) is 24.5 Å². The highest BCUT2D eigenvalue weighted by atomic mass is 35.6. The largest absolute Gasteiger partial charge is 0.452 e. The van der Waals surface area contributed by atoms with Crippen LogP contribution >= 0.6 is 34.8 Å². The first-order valence-corrected chi connectivity index (χ1v) is 9.52. The SMILES string of the molecule is CCC1O[C@H](OC(=N)C(Cl)(Cl)Cl)C(OC(=O)c2ccccc2)[C@@H](C)[C@@H]1C. The van der Waals surface area contributed by atoms with Crippen molar-refractivity contribution in [2.45, 2.75) is 49.5 Å². The summed E-state index contributed by atoms with van der Waals surface area (Å²) in [4.78, 5) is 12.5. The Morgan fingerprint density at radius 3 is 2.31 bits per heavy atom. The molecule has 0 radical (unpaired) electrons. The summed E-state index contributed by atoms with van der Waals surface area (Å²) in [6.07, 6.45) is -1.15. The second-order valence-corrected chi connectivity index (χ2v) is 8.63. The van der Waals surface area contributed by atoms with E-state index in [2.05, 4.69) is 0 Å². The lowest BCUT2D eigenvalue weighted by Crippen LogP contribution is -2.53. The summed E-state index contributed by atoms with van der Waals surface area (Å²) in [6.45, 7) is 5.97. The second kappa shape index (κ2) is 8.79. The van der Waals surface area contributed by atoms with Crippen molar-refractivity contribution in [3.63, 3.8) is 0 Å². The van der Waals surface area contributed by atoms with Crippen LogP contribution < -0.4 is 0 Å². The molecule has 8 heteroatoms. The van der Waals surface area contributed by atoms with E-state index in [1.807, 2.05) is 26.8 Å². The molecule has 1 saturated heterocycles. The summed E-state index contributed by atoms with van der Waals surface area (Å²) in [5.74, 6) is -1.03. The summed E-state index contributed by atoms with van der Waals surface area (Å²) in [5.41, 5.74) is 0.417. The van der Waals surface area contributed by atoms with Crippen molar-refractivity contribution in [2.75, 3.05) is 0 Å². The van der Waals surface area contributed by atoms with Crippen molar-refractivity contribution in [3.8, 4) is 0 Å². The molecular weight excluding hydrogens is 401 g/mol. The van der Waals surface area contributed by atoms with Gasteiger partial charge in [-0.3, -0.25) is 5.41 Å². The van der Waals surface area contributed by atoms with Crippen LogP contribution in [0.1, 0.15) is 37.6 Å². The van der Waals surface area contributed by atoms with Crippen LogP contribution in [0, 0.1) is 17.2 Å². The highest BCUT2D eigenvalue weighted by Crippen LogP contribution is 2.37. The zero-order valence-corrected chi connectivity index (χ0v) is 17.0. The number of alkyl halides is 3. The van der Waals surface area contributed by atoms with Crippen LogP contribution in [0.25, 0.3) is 0 Å². The first-order chi connectivity index (χ1) is 12.1. The van der Waals surface area contributed by atoms with E-state index >= 15 is 0 Å². The van der Waals surface area contributed by atoms with Gasteiger partial charge in [0.05, 0.1) is 11.7 Å². The van der Waals surface area contributed by atoms with Crippen molar-refractivity contribution in [1.29, 1.82) is 5.41 Å². The molecule has 144 valence electrons. The molecule has 2 unspecified atom stereocenters. The Balaban J connectivity index is 2.22. The van der Waals surface area contributed by atoms with Crippen molar-refractivity contribution < 1.29 is 19.0 Å². The highest BCUT2D eigenvalue weighted by molar-refractivity contribution is 6.76. The fourth-order valence-electron chi connectivity index (χ4n) is 2.93. The van der Waals surface area contributed by atoms with Crippen LogP contribution in [0.4, 0.5) is 0 Å². The van der Waals surface area contributed by atoms with Gasteiger partial charge >= 0.3 is 5.97 Å². The van der Waals surface area contributed by atoms with Crippen LogP contribution in [0.3, 0.4) is 0 Å². The average Bonchev–Trinajstić information content (AvgIpc) is 2.60. The van der Waals surface area contributed by atoms with Gasteiger partial charge in [-0.15, -0.1) is 0 Å². The van der Waals surface area contributed by atoms with Gasteiger partial charge in [0.1, 0.15) is 0 Å². The zero-order chi connectivity index (χ0) is 19.5. The fraction of sp³-hybridized carbons (Fsp3) is 0.556. The van der Waals surface area contributed by atoms with E-state index in [-0.39, 0.29) is 17.9 Å². The van der Waals surface area contributed by atoms with Crippen molar-refractivity contribution in [3.05, 3.63) is 35.9 Å². The summed E-state index contributed by atoms with van der Waals surface area (Å²) in [7, 11) is 0. The predicted octanol–water partition coefficient (Wildman–Crippen LogP) is 4.98. The Hall–Kier alpha value is -1.01. The quantitative estimate of drug-likeness (QED) is 0.321. The zero-order valence-electron chi connectivity index (χ0n) is 14.7. The molecule has 1 aromatic rings. The van der Waals surface area contributed by atoms with Crippen LogP contribution in [0.5, 0.6) is 0 Å². The molecule has 5 atom stereocenters. The molecule has 0 aromatic heterocycles. The van der Waals surface area contributed by atoms with Gasteiger partial charge in [0.15, 0.2) is 6.10 Å². The number of esters is 1. The first-order valence-electron chi connectivity index (χ1n) is 8.39. The Kier molecular flexibility index (Phi) is 7.19. The van der Waals surface area contributed by atoms with E-state index in [0.29, 0.717) is 5.56 Å². The minimum absolute atomic E-state index is 0.0745. The number of carbonyl (C=O) groups is 1. The molecule has 0 saturated carbocycles. The van der Waals surface area contributed by atoms with Gasteiger partial charge in [0.25, 0.3) is 3.79 Å². The van der Waals surface area contributed by atoms with Crippen LogP contribution in [-0.2, 0) is 14.2 Å². The molecule has 1 N–H and O–H groups in total. The van der Waals surface area contributed by atoms with Crippen LogP contribution in [0.15, 0.2) is 30.3 Å². The lowest BCUT2D eigenvalue weighted by Gasteiger charge is -2.43. The molecule has 1 aromatic carbocycles. The third-order valence-corrected chi connectivity index (χ3v) is 5.17. The minimum Gasteiger partial charge on any atom is -0.452 e. The van der Waals surface area contributed by atoms with Gasteiger partial charge in [0.2, 0.25) is 12.2 Å². The number of nitrogens with one attached hydrogen (secondary N) is 1. The van der Waals surface area contributed by atoms with E-state index in [1.165, 1.54) is 0 Å². The number of carbonyl (C=O) groups excluding carboxylic acids is 1. The van der Waals surface area contributed by atoms with Crippen LogP contribution in [-0.4, -0.2) is 34.2 Å². The molecule has 1 aliphatic rings. The molecule has 1 aliphatic heterocycles. The number of hydrogen-bond donors (Lipinski definition) is 1. The summed E-state index contributed by atoms with van der Waals surface area (Å²) < 4.78 is 15.0. The molecule has 0 aliphatic carbocycles. The maximum atomic E-state index is 12.5. The molecule has 0 amide bonds. The van der Waals surface area contributed by atoms with Gasteiger partial charge in [-0.25, -0.2) is 4.79 Å². The van der Waals surface area contributed by atoms with E-state index in [0.717, 1.165) is 6.42 Å². The number of benzene rings is 1. The second-order valence-electron chi connectivity index (χ2n) is 6.35. The van der Waals surface area contributed by atoms with Crippen molar-refractivity contribution >= 4 is 46.7 Å². The van der Waals surface area contributed by atoms with Gasteiger partial charge in [0, 0.05) is 5.92 Å². The molecule has 0 spiro atoms. The summed E-state index contributed by atoms with van der Waals surface area (Å²) in [5, 5.41) is 7.81. The van der Waals surface area contributed by atoms with E-state index in [9.17, 15) is 4.79 Å². The van der Waals surface area contributed by atoms with Gasteiger partial charge in [-0.1, -0.05) is 73.8 Å². The standard InChI is InChI=1S/C18H22Cl3NO4/c1-4-13-10(2)11(3)14(16(24-13)26-17(22)18(19,20)21)25-15(23)12-8-6-5-7-9-12/h5-11,13-14,16,22H,4H2,1-3H3/t10-,11-,13?,14?,16+/m0/s1. The maximum Gasteiger partial charge on any atom is 0.338 e. The smallest absolute Gasteiger partial charge is 0.338 e. The van der Waals surface area contributed by atoms with E-state index < -0.39 is 28.1 Å². The maximum absolute atomic E-state index is 12.5. The molecule has 26 heavy (non-hydrogen) atoms. The number of ether oxygens (including phenoxy) is 3. The lowest BCUT2D eigenvalue weighted by atomic mass is 9.82. The lowest BCUT2D eigenvalue weighted by molar-refractivity contribution is -0.243. The van der Waals surface area contributed by atoms with Crippen molar-refractivity contribution in [1.82, 2.24) is 0 Å². The topological polar surface area (TPSA) is 68.6 Å². The Morgan fingerprint density at radius 1 is 1.15 bits per heavy atom. The molecule has 0 bridgehead atoms. The third-order valence-electron chi connectivity index (χ3n) is 4.66. The number of halogens is 3. The Bertz CT molecular complexity index is 635. The fourth-order valence-corrected chi connectivity index (χ4v) is 3.07. The Labute approximate surface area is 168 Å². The molecular formula is C18H22Cl3NO4. The first kappa shape index (κ1) is 21.3. The number of hydrogen-bond acceptors (Lipinski definition) is 5. The molecule has 1 heterocycles. The third kappa shape index (κ3) is 5.03. The molecule has 2 rings (SSSR count). The van der Waals surface area contributed by atoms with E-state index in [4.69, 9.17) is 54.4 Å². The van der Waals surface area contributed by atoms with Gasteiger partial charge in [-0.2, -0.15) is 0 Å². The van der Waals surface area contributed by atoms with Crippen LogP contribution in [0.2, 0.25) is 0 Å². The van der Waals surface area contributed by atoms with Crippen molar-refractivity contribution in [2.24, 2.45) is 11.8 Å². The monoisotopic (exact) mass is 421 g/mol. The Morgan fingerprint density at radius 2 is 1.77 bits per heavy atom. The van der Waals surface area contributed by atoms with Gasteiger partial charge < -0.3 is 14.2 Å². The highest BCUT2D eigenvalue weighted by Gasteiger charge is 2.46. The number of rotatable bonds is 4. The molecule has 1 fully saturated rings. The van der Waals surface area contributed by atoms with E-state index in [1.54, 1.807) is 24.3 Å². The summed E-state index contributed by atoms with van der Waals surface area (Å²) in [6, 6.07) is 8.63. The minimum atomic E-state index is -2.02. The summed E-state index contributed by atoms with van der Waals surface area (Å²) >= 11 is 17.1. The average molecular weight is 423 g/mol. The predicted molar refractivity (Wildman–Crippen MR) is 102 cm³/mol.